The standard InChI is InChI=1S/C25H25FN4OS/c1-30-14-13-27-24(30)22(17-5-3-6-18(26)15-17)28-20-7-4-8-21-23(20)32-25(29-21)16-9-11-19(31-2)12-10-16/h3,5-6,9-15,20,22,28H,4,7-8H2,1-2H3. The smallest absolute Gasteiger partial charge is 0.130 e. The van der Waals surface area contributed by atoms with E-state index in [2.05, 4.69) is 22.4 Å². The second-order valence-electron chi connectivity index (χ2n) is 8.05. The summed E-state index contributed by atoms with van der Waals surface area (Å²) >= 11 is 1.74. The first-order valence-electron chi connectivity index (χ1n) is 10.7. The zero-order chi connectivity index (χ0) is 22.1. The van der Waals surface area contributed by atoms with Crippen LogP contribution in [0.15, 0.2) is 60.9 Å². The van der Waals surface area contributed by atoms with Crippen molar-refractivity contribution in [3.05, 3.63) is 88.7 Å². The van der Waals surface area contributed by atoms with Gasteiger partial charge in [-0.15, -0.1) is 11.3 Å². The fraction of sp³-hybridized carbons (Fsp3) is 0.280. The molecule has 2 atom stereocenters. The lowest BCUT2D eigenvalue weighted by atomic mass is 9.95. The lowest BCUT2D eigenvalue weighted by Gasteiger charge is -2.28. The molecular formula is C25H25FN4OS. The van der Waals surface area contributed by atoms with Gasteiger partial charge in [-0.2, -0.15) is 0 Å². The fourth-order valence-corrected chi connectivity index (χ4v) is 5.51. The second-order valence-corrected chi connectivity index (χ2v) is 9.08. The average molecular weight is 449 g/mol. The van der Waals surface area contributed by atoms with Gasteiger partial charge in [0.15, 0.2) is 0 Å². The fourth-order valence-electron chi connectivity index (χ4n) is 4.30. The van der Waals surface area contributed by atoms with E-state index in [1.54, 1.807) is 36.8 Å². The SMILES string of the molecule is COc1ccc(-c2nc3c(s2)C(NC(c2cccc(F)c2)c2nccn2C)CCC3)cc1. The molecular weight excluding hydrogens is 423 g/mol. The highest BCUT2D eigenvalue weighted by atomic mass is 32.1. The first-order chi connectivity index (χ1) is 15.6. The van der Waals surface area contributed by atoms with Gasteiger partial charge in [-0.3, -0.25) is 5.32 Å². The largest absolute Gasteiger partial charge is 0.497 e. The predicted molar refractivity (Wildman–Crippen MR) is 124 cm³/mol. The molecule has 2 aromatic heterocycles. The monoisotopic (exact) mass is 448 g/mol. The third-order valence-corrected chi connectivity index (χ3v) is 7.21. The van der Waals surface area contributed by atoms with E-state index in [4.69, 9.17) is 9.72 Å². The van der Waals surface area contributed by atoms with Crippen LogP contribution in [0.5, 0.6) is 5.75 Å². The lowest BCUT2D eigenvalue weighted by Crippen LogP contribution is -2.31. The van der Waals surface area contributed by atoms with Gasteiger partial charge in [-0.25, -0.2) is 14.4 Å². The molecule has 2 aromatic carbocycles. The molecule has 5 rings (SSSR count). The van der Waals surface area contributed by atoms with Gasteiger partial charge in [0.05, 0.1) is 18.8 Å². The Kier molecular flexibility index (Phi) is 5.76. The van der Waals surface area contributed by atoms with Crippen LogP contribution in [0.1, 0.15) is 46.9 Å². The Morgan fingerprint density at radius 1 is 1.22 bits per heavy atom. The van der Waals surface area contributed by atoms with E-state index in [1.165, 1.54) is 10.9 Å². The normalized spacial score (nSPS) is 16.5. The van der Waals surface area contributed by atoms with Crippen molar-refractivity contribution in [2.45, 2.75) is 31.3 Å². The van der Waals surface area contributed by atoms with Crippen LogP contribution in [0.25, 0.3) is 10.6 Å². The Balaban J connectivity index is 1.48. The molecule has 0 saturated heterocycles. The van der Waals surface area contributed by atoms with Crippen molar-refractivity contribution in [2.24, 2.45) is 7.05 Å². The maximum atomic E-state index is 14.1. The van der Waals surface area contributed by atoms with Crippen LogP contribution in [0.4, 0.5) is 4.39 Å². The number of halogens is 1. The highest BCUT2D eigenvalue weighted by molar-refractivity contribution is 7.15. The number of benzene rings is 2. The van der Waals surface area contributed by atoms with Gasteiger partial charge >= 0.3 is 0 Å². The maximum Gasteiger partial charge on any atom is 0.130 e. The van der Waals surface area contributed by atoms with E-state index in [9.17, 15) is 4.39 Å². The minimum atomic E-state index is -0.243. The molecule has 0 bridgehead atoms. The number of rotatable bonds is 6. The number of thiazole rings is 1. The predicted octanol–water partition coefficient (Wildman–Crippen LogP) is 5.45. The molecule has 0 saturated carbocycles. The third kappa shape index (κ3) is 4.06. The summed E-state index contributed by atoms with van der Waals surface area (Å²) in [6.07, 6.45) is 6.75. The molecule has 7 heteroatoms. The first-order valence-corrected chi connectivity index (χ1v) is 11.6. The van der Waals surface area contributed by atoms with Gasteiger partial charge in [-0.05, 0) is 61.2 Å². The van der Waals surface area contributed by atoms with Crippen LogP contribution in [-0.4, -0.2) is 21.6 Å². The minimum Gasteiger partial charge on any atom is -0.497 e. The molecule has 2 unspecified atom stereocenters. The van der Waals surface area contributed by atoms with Crippen LogP contribution in [0.3, 0.4) is 0 Å². The van der Waals surface area contributed by atoms with Crippen LogP contribution in [-0.2, 0) is 13.5 Å². The maximum absolute atomic E-state index is 14.1. The number of nitrogens with zero attached hydrogens (tertiary/aromatic N) is 3. The van der Waals surface area contributed by atoms with Crippen molar-refractivity contribution in [1.29, 1.82) is 0 Å². The van der Waals surface area contributed by atoms with Gasteiger partial charge in [0, 0.05) is 35.9 Å². The number of ether oxygens (including phenoxy) is 1. The molecule has 0 spiro atoms. The number of methoxy groups -OCH3 is 1. The van der Waals surface area contributed by atoms with Crippen LogP contribution < -0.4 is 10.1 Å². The first kappa shape index (κ1) is 20.8. The van der Waals surface area contributed by atoms with E-state index in [1.807, 2.05) is 36.0 Å². The van der Waals surface area contributed by atoms with Crippen molar-refractivity contribution in [3.63, 3.8) is 0 Å². The van der Waals surface area contributed by atoms with E-state index in [0.29, 0.717) is 0 Å². The Labute approximate surface area is 190 Å². The molecule has 1 aliphatic rings. The molecule has 5 nitrogen and oxygen atoms in total. The third-order valence-electron chi connectivity index (χ3n) is 5.95. The molecule has 0 aliphatic heterocycles. The van der Waals surface area contributed by atoms with Gasteiger partial charge in [0.2, 0.25) is 0 Å². The Morgan fingerprint density at radius 2 is 2.06 bits per heavy atom. The molecule has 2 heterocycles. The molecule has 0 fully saturated rings. The number of hydrogen-bond acceptors (Lipinski definition) is 5. The quantitative estimate of drug-likeness (QED) is 0.426. The van der Waals surface area contributed by atoms with Gasteiger partial charge in [0.25, 0.3) is 0 Å². The molecule has 0 amide bonds. The summed E-state index contributed by atoms with van der Waals surface area (Å²) in [6.45, 7) is 0. The van der Waals surface area contributed by atoms with E-state index < -0.39 is 0 Å². The molecule has 1 N–H and O–H groups in total. The zero-order valence-corrected chi connectivity index (χ0v) is 18.9. The Hall–Kier alpha value is -3.03. The summed E-state index contributed by atoms with van der Waals surface area (Å²) in [6, 6.07) is 14.7. The van der Waals surface area contributed by atoms with Crippen molar-refractivity contribution in [1.82, 2.24) is 19.9 Å². The van der Waals surface area contributed by atoms with Crippen molar-refractivity contribution in [2.75, 3.05) is 7.11 Å². The summed E-state index contributed by atoms with van der Waals surface area (Å²) in [5, 5.41) is 4.80. The number of imidazole rings is 1. The molecule has 164 valence electrons. The van der Waals surface area contributed by atoms with Gasteiger partial charge in [0.1, 0.15) is 22.4 Å². The summed E-state index contributed by atoms with van der Waals surface area (Å²) in [5.41, 5.74) is 3.11. The summed E-state index contributed by atoms with van der Waals surface area (Å²) < 4.78 is 21.3. The number of hydrogen-bond donors (Lipinski definition) is 1. The van der Waals surface area contributed by atoms with Crippen LogP contribution in [0.2, 0.25) is 0 Å². The molecule has 0 radical (unpaired) electrons. The van der Waals surface area contributed by atoms with Gasteiger partial charge in [-0.1, -0.05) is 12.1 Å². The summed E-state index contributed by atoms with van der Waals surface area (Å²) in [5.74, 6) is 1.46. The minimum absolute atomic E-state index is 0.133. The van der Waals surface area contributed by atoms with Crippen LogP contribution >= 0.6 is 11.3 Å². The van der Waals surface area contributed by atoms with Crippen molar-refractivity contribution in [3.8, 4) is 16.3 Å². The summed E-state index contributed by atoms with van der Waals surface area (Å²) in [4.78, 5) is 10.8. The van der Waals surface area contributed by atoms with Gasteiger partial charge < -0.3 is 9.30 Å². The number of aryl methyl sites for hydroxylation is 2. The zero-order valence-electron chi connectivity index (χ0n) is 18.1. The average Bonchev–Trinajstić information content (AvgIpc) is 3.44. The molecule has 1 aliphatic carbocycles. The second kappa shape index (κ2) is 8.84. The number of fused-ring (bicyclic) bond motifs is 1. The summed E-state index contributed by atoms with van der Waals surface area (Å²) in [7, 11) is 3.64. The van der Waals surface area contributed by atoms with Crippen LogP contribution in [0, 0.1) is 5.82 Å². The van der Waals surface area contributed by atoms with E-state index in [-0.39, 0.29) is 17.9 Å². The van der Waals surface area contributed by atoms with Crippen molar-refractivity contribution >= 4 is 11.3 Å². The number of nitrogens with one attached hydrogen (secondary N) is 1. The highest BCUT2D eigenvalue weighted by Crippen LogP contribution is 2.40. The number of aromatic nitrogens is 3. The lowest BCUT2D eigenvalue weighted by molar-refractivity contribution is 0.415. The highest BCUT2D eigenvalue weighted by Gasteiger charge is 2.29. The molecule has 32 heavy (non-hydrogen) atoms. The van der Waals surface area contributed by atoms with E-state index in [0.717, 1.165) is 52.7 Å². The topological polar surface area (TPSA) is 52.0 Å². The molecule has 4 aromatic rings. The van der Waals surface area contributed by atoms with E-state index >= 15 is 0 Å². The van der Waals surface area contributed by atoms with Crippen molar-refractivity contribution < 1.29 is 9.13 Å². The Bertz CT molecular complexity index is 1220. The Morgan fingerprint density at radius 3 is 2.78 bits per heavy atom.